The van der Waals surface area contributed by atoms with Gasteiger partial charge in [-0.15, -0.1) is 11.3 Å². The van der Waals surface area contributed by atoms with E-state index < -0.39 is 0 Å². The summed E-state index contributed by atoms with van der Waals surface area (Å²) in [6.07, 6.45) is 4.74. The molecule has 24 heavy (non-hydrogen) atoms. The molecule has 0 spiro atoms. The summed E-state index contributed by atoms with van der Waals surface area (Å²) in [5.74, 6) is 0.698. The zero-order chi connectivity index (χ0) is 16.5. The van der Waals surface area contributed by atoms with E-state index in [4.69, 9.17) is 0 Å². The van der Waals surface area contributed by atoms with Crippen LogP contribution >= 0.6 is 11.3 Å². The Bertz CT molecular complexity index is 706. The predicted molar refractivity (Wildman–Crippen MR) is 97.3 cm³/mol. The number of carbonyl (C=O) groups is 1. The molecule has 1 heterocycles. The fraction of sp³-hybridized carbons (Fsp3) is 0.474. The predicted octanol–water partition coefficient (Wildman–Crippen LogP) is 3.69. The number of nitrogens with one attached hydrogen (secondary N) is 1. The lowest BCUT2D eigenvalue weighted by Crippen LogP contribution is -2.40. The molecule has 1 N–H and O–H groups in total. The van der Waals surface area contributed by atoms with Crippen LogP contribution in [0.15, 0.2) is 35.7 Å². The second-order valence-electron chi connectivity index (χ2n) is 6.92. The quantitative estimate of drug-likeness (QED) is 0.835. The van der Waals surface area contributed by atoms with Crippen LogP contribution in [-0.4, -0.2) is 23.5 Å². The molecule has 2 aliphatic carbocycles. The monoisotopic (exact) mass is 341 g/mol. The highest BCUT2D eigenvalue weighted by molar-refractivity contribution is 7.13. The Labute approximate surface area is 146 Å². The van der Waals surface area contributed by atoms with Gasteiger partial charge in [-0.3, -0.25) is 4.79 Å². The Hall–Kier alpha value is -1.88. The average molecular weight is 341 g/mol. The van der Waals surface area contributed by atoms with Gasteiger partial charge in [-0.1, -0.05) is 30.3 Å². The van der Waals surface area contributed by atoms with Crippen LogP contribution in [0.25, 0.3) is 0 Å². The first kappa shape index (κ1) is 15.6. The molecule has 2 saturated carbocycles. The molecule has 4 rings (SSSR count). The van der Waals surface area contributed by atoms with Crippen molar-refractivity contribution in [1.82, 2.24) is 10.3 Å². The maximum absolute atomic E-state index is 12.7. The average Bonchev–Trinajstić information content (AvgIpc) is 3.50. The van der Waals surface area contributed by atoms with Crippen LogP contribution in [0.1, 0.15) is 43.0 Å². The van der Waals surface area contributed by atoms with Crippen molar-refractivity contribution in [3.8, 4) is 0 Å². The minimum absolute atomic E-state index is 0.107. The maximum Gasteiger partial charge on any atom is 0.240 e. The number of hydrogen-bond acceptors (Lipinski definition) is 4. The number of hydrogen-bond donors (Lipinski definition) is 1. The summed E-state index contributed by atoms with van der Waals surface area (Å²) in [4.78, 5) is 19.5. The van der Waals surface area contributed by atoms with Crippen LogP contribution in [0.5, 0.6) is 0 Å². The van der Waals surface area contributed by atoms with E-state index in [1.165, 1.54) is 18.4 Å². The first-order valence-electron chi connectivity index (χ1n) is 8.74. The molecule has 5 heteroatoms. The number of aromatic nitrogens is 1. The van der Waals surface area contributed by atoms with E-state index in [0.717, 1.165) is 23.7 Å². The van der Waals surface area contributed by atoms with Gasteiger partial charge in [-0.25, -0.2) is 4.98 Å². The van der Waals surface area contributed by atoms with Crippen molar-refractivity contribution in [3.05, 3.63) is 47.0 Å². The van der Waals surface area contributed by atoms with Crippen molar-refractivity contribution in [1.29, 1.82) is 0 Å². The molecule has 0 radical (unpaired) electrons. The Balaban J connectivity index is 1.44. The van der Waals surface area contributed by atoms with Crippen molar-refractivity contribution < 1.29 is 4.79 Å². The fourth-order valence-corrected chi connectivity index (χ4v) is 4.02. The van der Waals surface area contributed by atoms with Crippen LogP contribution in [0.2, 0.25) is 0 Å². The first-order chi connectivity index (χ1) is 11.7. The van der Waals surface area contributed by atoms with Gasteiger partial charge in [0.05, 0.1) is 18.3 Å². The maximum atomic E-state index is 12.7. The molecule has 0 saturated heterocycles. The van der Waals surface area contributed by atoms with Gasteiger partial charge in [0.1, 0.15) is 0 Å². The van der Waals surface area contributed by atoms with E-state index in [1.54, 1.807) is 11.3 Å². The van der Waals surface area contributed by atoms with Crippen LogP contribution in [0, 0.1) is 12.8 Å². The van der Waals surface area contributed by atoms with Gasteiger partial charge in [-0.05, 0) is 44.1 Å². The van der Waals surface area contributed by atoms with E-state index in [2.05, 4.69) is 32.7 Å². The van der Waals surface area contributed by atoms with Gasteiger partial charge in [0.2, 0.25) is 5.91 Å². The summed E-state index contributed by atoms with van der Waals surface area (Å²) in [6, 6.07) is 11.0. The molecule has 1 amide bonds. The topological polar surface area (TPSA) is 45.2 Å². The molecule has 1 aromatic heterocycles. The molecular weight excluding hydrogens is 318 g/mol. The normalized spacial score (nSPS) is 18.2. The summed E-state index contributed by atoms with van der Waals surface area (Å²) in [6.45, 7) is 2.41. The van der Waals surface area contributed by atoms with Gasteiger partial charge in [0, 0.05) is 11.4 Å². The van der Waals surface area contributed by atoms with Crippen molar-refractivity contribution in [2.45, 2.75) is 44.7 Å². The number of nitrogens with zero attached hydrogens (tertiary/aromatic N) is 2. The molecule has 2 fully saturated rings. The minimum atomic E-state index is 0.107. The van der Waals surface area contributed by atoms with Gasteiger partial charge in [0.15, 0.2) is 5.13 Å². The minimum Gasteiger partial charge on any atom is -0.347 e. The summed E-state index contributed by atoms with van der Waals surface area (Å²) >= 11 is 1.64. The number of thiazole rings is 1. The number of aryl methyl sites for hydroxylation is 1. The molecular formula is C19H23N3OS. The SMILES string of the molecule is Cc1csc(N(CC(=O)NC(c2ccccc2)C2CC2)C2CC2)n1. The number of rotatable bonds is 7. The smallest absolute Gasteiger partial charge is 0.240 e. The summed E-state index contributed by atoms with van der Waals surface area (Å²) in [5.41, 5.74) is 2.25. The second kappa shape index (κ2) is 6.55. The third-order valence-electron chi connectivity index (χ3n) is 4.72. The highest BCUT2D eigenvalue weighted by Gasteiger charge is 2.35. The van der Waals surface area contributed by atoms with Gasteiger partial charge < -0.3 is 10.2 Å². The summed E-state index contributed by atoms with van der Waals surface area (Å²) in [5, 5.41) is 6.32. The van der Waals surface area contributed by atoms with E-state index in [0.29, 0.717) is 18.5 Å². The largest absolute Gasteiger partial charge is 0.347 e. The lowest BCUT2D eigenvalue weighted by Gasteiger charge is -2.24. The van der Waals surface area contributed by atoms with Gasteiger partial charge >= 0.3 is 0 Å². The molecule has 0 aliphatic heterocycles. The van der Waals surface area contributed by atoms with Crippen molar-refractivity contribution in [2.24, 2.45) is 5.92 Å². The molecule has 2 aliphatic rings. The zero-order valence-electron chi connectivity index (χ0n) is 13.9. The lowest BCUT2D eigenvalue weighted by atomic mass is 10.0. The zero-order valence-corrected chi connectivity index (χ0v) is 14.8. The van der Waals surface area contributed by atoms with Crippen LogP contribution < -0.4 is 10.2 Å². The summed E-state index contributed by atoms with van der Waals surface area (Å²) in [7, 11) is 0. The van der Waals surface area contributed by atoms with E-state index >= 15 is 0 Å². The molecule has 2 aromatic rings. The molecule has 4 nitrogen and oxygen atoms in total. The van der Waals surface area contributed by atoms with Gasteiger partial charge in [-0.2, -0.15) is 0 Å². The Morgan fingerprint density at radius 1 is 1.29 bits per heavy atom. The van der Waals surface area contributed by atoms with E-state index in [-0.39, 0.29) is 11.9 Å². The standard InChI is InChI=1S/C19H23N3OS/c1-13-12-24-19(20-13)22(16-9-10-16)11-17(23)21-18(15-7-8-15)14-5-3-2-4-6-14/h2-6,12,15-16,18H,7-11H2,1H3,(H,21,23). The molecule has 0 bridgehead atoms. The van der Waals surface area contributed by atoms with Crippen LogP contribution in [-0.2, 0) is 4.79 Å². The number of benzene rings is 1. The summed E-state index contributed by atoms with van der Waals surface area (Å²) < 4.78 is 0. The molecule has 1 atom stereocenters. The number of anilines is 1. The second-order valence-corrected chi connectivity index (χ2v) is 7.76. The number of amides is 1. The third-order valence-corrected chi connectivity index (χ3v) is 5.72. The lowest BCUT2D eigenvalue weighted by molar-refractivity contribution is -0.120. The molecule has 1 unspecified atom stereocenters. The Morgan fingerprint density at radius 2 is 2.04 bits per heavy atom. The fourth-order valence-electron chi connectivity index (χ4n) is 3.15. The Kier molecular flexibility index (Phi) is 4.27. The van der Waals surface area contributed by atoms with Crippen LogP contribution in [0.4, 0.5) is 5.13 Å². The van der Waals surface area contributed by atoms with Crippen molar-refractivity contribution >= 4 is 22.4 Å². The molecule has 126 valence electrons. The van der Waals surface area contributed by atoms with Crippen molar-refractivity contribution in [2.75, 3.05) is 11.4 Å². The highest BCUT2D eigenvalue weighted by Crippen LogP contribution is 2.41. The number of carbonyl (C=O) groups excluding carboxylic acids is 1. The van der Waals surface area contributed by atoms with E-state index in [1.807, 2.05) is 25.1 Å². The molecule has 1 aromatic carbocycles. The highest BCUT2D eigenvalue weighted by atomic mass is 32.1. The third kappa shape index (κ3) is 3.61. The Morgan fingerprint density at radius 3 is 2.62 bits per heavy atom. The van der Waals surface area contributed by atoms with E-state index in [9.17, 15) is 4.79 Å². The first-order valence-corrected chi connectivity index (χ1v) is 9.62. The van der Waals surface area contributed by atoms with Crippen molar-refractivity contribution in [3.63, 3.8) is 0 Å². The van der Waals surface area contributed by atoms with Crippen LogP contribution in [0.3, 0.4) is 0 Å². The van der Waals surface area contributed by atoms with Gasteiger partial charge in [0.25, 0.3) is 0 Å².